The van der Waals surface area contributed by atoms with Gasteiger partial charge < -0.3 is 9.73 Å². The molecule has 0 aliphatic heterocycles. The Labute approximate surface area is 123 Å². The third-order valence-corrected chi connectivity index (χ3v) is 4.04. The van der Waals surface area contributed by atoms with Gasteiger partial charge in [0.2, 0.25) is 5.91 Å². The molecule has 1 atom stereocenters. The maximum absolute atomic E-state index is 12.0. The summed E-state index contributed by atoms with van der Waals surface area (Å²) in [6.07, 6.45) is 0. The standard InChI is InChI=1S/C15H20N2O2S/c1-11-6-7-13(19-11)9-17(3)10-15(18)16-12(2)14-5-4-8-20-14/h4-8,12H,9-10H2,1-3H3,(H,16,18). The van der Waals surface area contributed by atoms with Gasteiger partial charge in [-0.2, -0.15) is 0 Å². The van der Waals surface area contributed by atoms with Crippen molar-refractivity contribution in [3.05, 3.63) is 46.0 Å². The van der Waals surface area contributed by atoms with E-state index in [4.69, 9.17) is 4.42 Å². The van der Waals surface area contributed by atoms with Gasteiger partial charge in [-0.15, -0.1) is 11.3 Å². The number of nitrogens with zero attached hydrogens (tertiary/aromatic N) is 1. The summed E-state index contributed by atoms with van der Waals surface area (Å²) in [7, 11) is 1.91. The molecule has 0 aliphatic rings. The molecule has 0 saturated carbocycles. The Balaban J connectivity index is 1.79. The van der Waals surface area contributed by atoms with Crippen molar-refractivity contribution in [2.75, 3.05) is 13.6 Å². The quantitative estimate of drug-likeness (QED) is 0.890. The van der Waals surface area contributed by atoms with Gasteiger partial charge >= 0.3 is 0 Å². The molecule has 2 aromatic heterocycles. The highest BCUT2D eigenvalue weighted by Gasteiger charge is 2.13. The van der Waals surface area contributed by atoms with Gasteiger partial charge in [-0.25, -0.2) is 0 Å². The van der Waals surface area contributed by atoms with Crippen LogP contribution in [0.5, 0.6) is 0 Å². The van der Waals surface area contributed by atoms with Crippen molar-refractivity contribution in [1.29, 1.82) is 0 Å². The van der Waals surface area contributed by atoms with E-state index >= 15 is 0 Å². The summed E-state index contributed by atoms with van der Waals surface area (Å²) in [4.78, 5) is 15.1. The highest BCUT2D eigenvalue weighted by atomic mass is 32.1. The first kappa shape index (κ1) is 14.8. The summed E-state index contributed by atoms with van der Waals surface area (Å²) < 4.78 is 5.50. The predicted octanol–water partition coefficient (Wildman–Crippen LogP) is 2.96. The molecule has 1 N–H and O–H groups in total. The number of hydrogen-bond acceptors (Lipinski definition) is 4. The summed E-state index contributed by atoms with van der Waals surface area (Å²) in [5, 5.41) is 5.02. The van der Waals surface area contributed by atoms with Gasteiger partial charge in [0.15, 0.2) is 0 Å². The van der Waals surface area contributed by atoms with Crippen molar-refractivity contribution in [1.82, 2.24) is 10.2 Å². The number of carbonyl (C=O) groups is 1. The van der Waals surface area contributed by atoms with Crippen molar-refractivity contribution < 1.29 is 9.21 Å². The molecule has 0 aromatic carbocycles. The lowest BCUT2D eigenvalue weighted by molar-refractivity contribution is -0.122. The topological polar surface area (TPSA) is 45.5 Å². The molecular formula is C15H20N2O2S. The van der Waals surface area contributed by atoms with Crippen molar-refractivity contribution in [2.45, 2.75) is 26.4 Å². The second-order valence-electron chi connectivity index (χ2n) is 4.99. The van der Waals surface area contributed by atoms with Gasteiger partial charge in [0.1, 0.15) is 11.5 Å². The Morgan fingerprint density at radius 1 is 1.45 bits per heavy atom. The molecule has 108 valence electrons. The fourth-order valence-corrected chi connectivity index (χ4v) is 2.77. The number of hydrogen-bond donors (Lipinski definition) is 1. The molecule has 1 amide bonds. The molecule has 0 aliphatic carbocycles. The van der Waals surface area contributed by atoms with Crippen LogP contribution in [-0.2, 0) is 11.3 Å². The average molecular weight is 292 g/mol. The van der Waals surface area contributed by atoms with Crippen LogP contribution in [0.1, 0.15) is 29.4 Å². The SMILES string of the molecule is Cc1ccc(CN(C)CC(=O)NC(C)c2cccs2)o1. The summed E-state index contributed by atoms with van der Waals surface area (Å²) in [6, 6.07) is 7.96. The van der Waals surface area contributed by atoms with Gasteiger partial charge in [0, 0.05) is 4.88 Å². The number of amides is 1. The number of furan rings is 1. The maximum atomic E-state index is 12.0. The van der Waals surface area contributed by atoms with E-state index in [-0.39, 0.29) is 11.9 Å². The van der Waals surface area contributed by atoms with Crippen LogP contribution in [0.25, 0.3) is 0 Å². The first-order valence-corrected chi connectivity index (χ1v) is 7.49. The highest BCUT2D eigenvalue weighted by molar-refractivity contribution is 7.10. The minimum absolute atomic E-state index is 0.0247. The molecule has 0 saturated heterocycles. The predicted molar refractivity (Wildman–Crippen MR) is 80.7 cm³/mol. The normalized spacial score (nSPS) is 12.6. The minimum Gasteiger partial charge on any atom is -0.465 e. The van der Waals surface area contributed by atoms with Crippen molar-refractivity contribution >= 4 is 17.2 Å². The van der Waals surface area contributed by atoms with E-state index in [1.54, 1.807) is 11.3 Å². The summed E-state index contributed by atoms with van der Waals surface area (Å²) >= 11 is 1.65. The number of rotatable bonds is 6. The number of aryl methyl sites for hydroxylation is 1. The van der Waals surface area contributed by atoms with Crippen molar-refractivity contribution in [3.8, 4) is 0 Å². The molecule has 0 bridgehead atoms. The van der Waals surface area contributed by atoms with Gasteiger partial charge in [0.05, 0.1) is 19.1 Å². The van der Waals surface area contributed by atoms with E-state index in [9.17, 15) is 4.79 Å². The van der Waals surface area contributed by atoms with Crippen LogP contribution >= 0.6 is 11.3 Å². The second-order valence-corrected chi connectivity index (χ2v) is 5.97. The Morgan fingerprint density at radius 2 is 2.25 bits per heavy atom. The molecule has 0 spiro atoms. The number of carbonyl (C=O) groups excluding carboxylic acids is 1. The van der Waals surface area contributed by atoms with Crippen LogP contribution in [0.3, 0.4) is 0 Å². The zero-order valence-corrected chi connectivity index (χ0v) is 12.9. The van der Waals surface area contributed by atoms with E-state index in [1.165, 1.54) is 4.88 Å². The lowest BCUT2D eigenvalue weighted by Gasteiger charge is -2.17. The second kappa shape index (κ2) is 6.72. The molecule has 0 radical (unpaired) electrons. The fourth-order valence-electron chi connectivity index (χ4n) is 2.03. The minimum atomic E-state index is 0.0247. The smallest absolute Gasteiger partial charge is 0.234 e. The Bertz CT molecular complexity index is 548. The molecule has 0 fully saturated rings. The van der Waals surface area contributed by atoms with E-state index in [0.29, 0.717) is 13.1 Å². The number of thiophene rings is 1. The van der Waals surface area contributed by atoms with Gasteiger partial charge in [0.25, 0.3) is 0 Å². The van der Waals surface area contributed by atoms with Crippen LogP contribution in [-0.4, -0.2) is 24.4 Å². The zero-order chi connectivity index (χ0) is 14.5. The molecule has 1 unspecified atom stereocenters. The average Bonchev–Trinajstić information content (AvgIpc) is 3.00. The van der Waals surface area contributed by atoms with E-state index in [1.807, 2.05) is 55.4 Å². The summed E-state index contributed by atoms with van der Waals surface area (Å²) in [5.74, 6) is 1.80. The third kappa shape index (κ3) is 4.21. The van der Waals surface area contributed by atoms with Crippen molar-refractivity contribution in [2.24, 2.45) is 0 Å². The van der Waals surface area contributed by atoms with Crippen LogP contribution in [0.15, 0.2) is 34.1 Å². The van der Waals surface area contributed by atoms with Crippen LogP contribution < -0.4 is 5.32 Å². The van der Waals surface area contributed by atoms with Crippen LogP contribution in [0.4, 0.5) is 0 Å². The fraction of sp³-hybridized carbons (Fsp3) is 0.400. The van der Waals surface area contributed by atoms with E-state index < -0.39 is 0 Å². The molecule has 2 heterocycles. The van der Waals surface area contributed by atoms with Crippen LogP contribution in [0, 0.1) is 6.92 Å². The monoisotopic (exact) mass is 292 g/mol. The first-order valence-electron chi connectivity index (χ1n) is 6.61. The Hall–Kier alpha value is -1.59. The molecule has 2 rings (SSSR count). The molecule has 20 heavy (non-hydrogen) atoms. The van der Waals surface area contributed by atoms with Gasteiger partial charge in [-0.05, 0) is 44.5 Å². The maximum Gasteiger partial charge on any atom is 0.234 e. The highest BCUT2D eigenvalue weighted by Crippen LogP contribution is 2.17. The van der Waals surface area contributed by atoms with E-state index in [0.717, 1.165) is 11.5 Å². The molecule has 5 heteroatoms. The van der Waals surface area contributed by atoms with Gasteiger partial charge in [-0.3, -0.25) is 9.69 Å². The summed E-state index contributed by atoms with van der Waals surface area (Å²) in [6.45, 7) is 4.91. The molecule has 4 nitrogen and oxygen atoms in total. The molecule has 2 aromatic rings. The zero-order valence-electron chi connectivity index (χ0n) is 12.1. The lowest BCUT2D eigenvalue weighted by Crippen LogP contribution is -2.35. The third-order valence-electron chi connectivity index (χ3n) is 2.98. The van der Waals surface area contributed by atoms with Crippen molar-refractivity contribution in [3.63, 3.8) is 0 Å². The number of nitrogens with one attached hydrogen (secondary N) is 1. The molecular weight excluding hydrogens is 272 g/mol. The summed E-state index contributed by atoms with van der Waals surface area (Å²) in [5.41, 5.74) is 0. The lowest BCUT2D eigenvalue weighted by atomic mass is 10.2. The van der Waals surface area contributed by atoms with E-state index in [2.05, 4.69) is 5.32 Å². The first-order chi connectivity index (χ1) is 9.54. The number of likely N-dealkylation sites (N-methyl/N-ethyl adjacent to an activating group) is 1. The Kier molecular flexibility index (Phi) is 4.98. The van der Waals surface area contributed by atoms with Crippen LogP contribution in [0.2, 0.25) is 0 Å². The Morgan fingerprint density at radius 3 is 2.85 bits per heavy atom. The van der Waals surface area contributed by atoms with Gasteiger partial charge in [-0.1, -0.05) is 6.07 Å². The largest absolute Gasteiger partial charge is 0.465 e.